The van der Waals surface area contributed by atoms with Gasteiger partial charge in [0.2, 0.25) is 10.0 Å². The lowest BCUT2D eigenvalue weighted by Gasteiger charge is -2.30. The second-order valence-corrected chi connectivity index (χ2v) is 5.92. The third-order valence-corrected chi connectivity index (χ3v) is 4.60. The highest BCUT2D eigenvalue weighted by molar-refractivity contribution is 7.89. The van der Waals surface area contributed by atoms with Crippen molar-refractivity contribution in [1.82, 2.24) is 4.31 Å². The molecule has 1 aromatic carbocycles. The average Bonchev–Trinajstić information content (AvgIpc) is 2.29. The molecule has 0 spiro atoms. The van der Waals surface area contributed by atoms with E-state index in [4.69, 9.17) is 4.74 Å². The number of ether oxygens (including phenoxy) is 1. The first-order valence-corrected chi connectivity index (χ1v) is 6.85. The Morgan fingerprint density at radius 3 is 2.76 bits per heavy atom. The summed E-state index contributed by atoms with van der Waals surface area (Å²) in [6.07, 6.45) is -0.121. The lowest BCUT2D eigenvalue weighted by Crippen LogP contribution is -2.44. The zero-order valence-corrected chi connectivity index (χ0v) is 10.4. The molecule has 1 aliphatic rings. The number of hydrogen-bond donors (Lipinski definition) is 1. The Labute approximate surface area is 101 Å². The third-order valence-electron chi connectivity index (χ3n) is 2.69. The Bertz CT molecular complexity index is 500. The fraction of sp³-hybridized carbons (Fsp3) is 0.455. The summed E-state index contributed by atoms with van der Waals surface area (Å²) in [6, 6.07) is 5.97. The molecule has 1 N–H and O–H groups in total. The molecule has 0 aliphatic carbocycles. The number of sulfonamides is 1. The molecular weight excluding hydrogens is 242 g/mol. The molecule has 1 saturated heterocycles. The molecule has 1 unspecified atom stereocenters. The van der Waals surface area contributed by atoms with Gasteiger partial charge in [-0.2, -0.15) is 4.31 Å². The molecule has 0 bridgehead atoms. The molecule has 5 nitrogen and oxygen atoms in total. The molecule has 1 atom stereocenters. The van der Waals surface area contributed by atoms with E-state index in [-0.39, 0.29) is 16.7 Å². The van der Waals surface area contributed by atoms with Gasteiger partial charge in [-0.15, -0.1) is 0 Å². The minimum atomic E-state index is -3.62. The van der Waals surface area contributed by atoms with Gasteiger partial charge in [0.05, 0.1) is 12.7 Å². The fourth-order valence-electron chi connectivity index (χ4n) is 1.82. The SMILES string of the molecule is CC1CN(S(=O)(=O)c2ccccc2O)CCO1. The predicted octanol–water partition coefficient (Wildman–Crippen LogP) is 0.802. The van der Waals surface area contributed by atoms with Crippen LogP contribution in [0.5, 0.6) is 5.75 Å². The van der Waals surface area contributed by atoms with Gasteiger partial charge in [-0.3, -0.25) is 0 Å². The number of phenolic OH excluding ortho intramolecular Hbond substituents is 1. The zero-order valence-electron chi connectivity index (χ0n) is 9.54. The van der Waals surface area contributed by atoms with Gasteiger partial charge in [-0.1, -0.05) is 12.1 Å². The monoisotopic (exact) mass is 257 g/mol. The highest BCUT2D eigenvalue weighted by atomic mass is 32.2. The first kappa shape index (κ1) is 12.3. The lowest BCUT2D eigenvalue weighted by molar-refractivity contribution is 0.0101. The topological polar surface area (TPSA) is 66.8 Å². The van der Waals surface area contributed by atoms with Gasteiger partial charge >= 0.3 is 0 Å². The summed E-state index contributed by atoms with van der Waals surface area (Å²) in [5.41, 5.74) is 0. The summed E-state index contributed by atoms with van der Waals surface area (Å²) in [5, 5.41) is 9.61. The molecule has 1 aliphatic heterocycles. The van der Waals surface area contributed by atoms with Crippen LogP contribution >= 0.6 is 0 Å². The van der Waals surface area contributed by atoms with Crippen molar-refractivity contribution < 1.29 is 18.3 Å². The molecular formula is C11H15NO4S. The van der Waals surface area contributed by atoms with Crippen LogP contribution in [0.1, 0.15) is 6.92 Å². The second kappa shape index (κ2) is 4.64. The molecule has 17 heavy (non-hydrogen) atoms. The van der Waals surface area contributed by atoms with E-state index in [1.54, 1.807) is 12.1 Å². The normalized spacial score (nSPS) is 22.5. The van der Waals surface area contributed by atoms with Crippen molar-refractivity contribution in [1.29, 1.82) is 0 Å². The molecule has 94 valence electrons. The quantitative estimate of drug-likeness (QED) is 0.851. The van der Waals surface area contributed by atoms with Crippen molar-refractivity contribution in [2.75, 3.05) is 19.7 Å². The Balaban J connectivity index is 2.33. The maximum Gasteiger partial charge on any atom is 0.246 e. The summed E-state index contributed by atoms with van der Waals surface area (Å²) in [5.74, 6) is -0.216. The van der Waals surface area contributed by atoms with Gasteiger partial charge in [-0.05, 0) is 19.1 Å². The van der Waals surface area contributed by atoms with E-state index < -0.39 is 10.0 Å². The van der Waals surface area contributed by atoms with Crippen molar-refractivity contribution in [3.05, 3.63) is 24.3 Å². The smallest absolute Gasteiger partial charge is 0.246 e. The van der Waals surface area contributed by atoms with Crippen LogP contribution in [-0.2, 0) is 14.8 Å². The molecule has 0 radical (unpaired) electrons. The summed E-state index contributed by atoms with van der Waals surface area (Å²) < 4.78 is 31.2. The van der Waals surface area contributed by atoms with E-state index in [1.807, 2.05) is 6.92 Å². The Kier molecular flexibility index (Phi) is 3.37. The van der Waals surface area contributed by atoms with Gasteiger partial charge < -0.3 is 9.84 Å². The number of benzene rings is 1. The number of phenols is 1. The van der Waals surface area contributed by atoms with Crippen LogP contribution in [0.4, 0.5) is 0 Å². The second-order valence-electron chi connectivity index (χ2n) is 4.01. The highest BCUT2D eigenvalue weighted by Crippen LogP contribution is 2.26. The summed E-state index contributed by atoms with van der Waals surface area (Å²) in [4.78, 5) is -0.0471. The van der Waals surface area contributed by atoms with Crippen molar-refractivity contribution in [3.63, 3.8) is 0 Å². The number of aromatic hydroxyl groups is 1. The zero-order chi connectivity index (χ0) is 12.5. The maximum atomic E-state index is 12.3. The molecule has 0 amide bonds. The minimum absolute atomic E-state index is 0.0471. The molecule has 6 heteroatoms. The van der Waals surface area contributed by atoms with E-state index in [0.717, 1.165) is 0 Å². The van der Waals surface area contributed by atoms with Crippen LogP contribution in [0.15, 0.2) is 29.2 Å². The Hall–Kier alpha value is -1.11. The molecule has 1 fully saturated rings. The number of para-hydroxylation sites is 1. The van der Waals surface area contributed by atoms with Gasteiger partial charge in [0.1, 0.15) is 10.6 Å². The third kappa shape index (κ3) is 2.43. The van der Waals surface area contributed by atoms with E-state index >= 15 is 0 Å². The van der Waals surface area contributed by atoms with Gasteiger partial charge in [0.15, 0.2) is 0 Å². The molecule has 0 aromatic heterocycles. The van der Waals surface area contributed by atoms with Crippen LogP contribution in [0.2, 0.25) is 0 Å². The summed E-state index contributed by atoms with van der Waals surface area (Å²) in [7, 11) is -3.62. The molecule has 2 rings (SSSR count). The Morgan fingerprint density at radius 2 is 2.12 bits per heavy atom. The van der Waals surface area contributed by atoms with Crippen LogP contribution in [0.3, 0.4) is 0 Å². The lowest BCUT2D eigenvalue weighted by atomic mass is 10.3. The van der Waals surface area contributed by atoms with Crippen LogP contribution < -0.4 is 0 Å². The van der Waals surface area contributed by atoms with Crippen molar-refractivity contribution in [2.45, 2.75) is 17.9 Å². The first-order valence-electron chi connectivity index (χ1n) is 5.41. The standard InChI is InChI=1S/C11H15NO4S/c1-9-8-12(6-7-16-9)17(14,15)11-5-3-2-4-10(11)13/h2-5,9,13H,6-8H2,1H3. The summed E-state index contributed by atoms with van der Waals surface area (Å²) in [6.45, 7) is 2.85. The van der Waals surface area contributed by atoms with E-state index in [1.165, 1.54) is 16.4 Å². The minimum Gasteiger partial charge on any atom is -0.507 e. The average molecular weight is 257 g/mol. The van der Waals surface area contributed by atoms with Crippen LogP contribution in [0.25, 0.3) is 0 Å². The van der Waals surface area contributed by atoms with Crippen molar-refractivity contribution in [2.24, 2.45) is 0 Å². The largest absolute Gasteiger partial charge is 0.507 e. The number of nitrogens with zero attached hydrogens (tertiary/aromatic N) is 1. The predicted molar refractivity (Wildman–Crippen MR) is 62.3 cm³/mol. The Morgan fingerprint density at radius 1 is 1.41 bits per heavy atom. The summed E-state index contributed by atoms with van der Waals surface area (Å²) >= 11 is 0. The first-order chi connectivity index (χ1) is 8.01. The van der Waals surface area contributed by atoms with Gasteiger partial charge in [-0.25, -0.2) is 8.42 Å². The van der Waals surface area contributed by atoms with Crippen LogP contribution in [0, 0.1) is 0 Å². The molecule has 0 saturated carbocycles. The highest BCUT2D eigenvalue weighted by Gasteiger charge is 2.30. The van der Waals surface area contributed by atoms with E-state index in [2.05, 4.69) is 0 Å². The fourth-order valence-corrected chi connectivity index (χ4v) is 3.40. The number of rotatable bonds is 2. The molecule has 1 heterocycles. The number of morpholine rings is 1. The van der Waals surface area contributed by atoms with E-state index in [0.29, 0.717) is 19.7 Å². The van der Waals surface area contributed by atoms with Crippen LogP contribution in [-0.4, -0.2) is 43.6 Å². The van der Waals surface area contributed by atoms with Crippen molar-refractivity contribution >= 4 is 10.0 Å². The van der Waals surface area contributed by atoms with E-state index in [9.17, 15) is 13.5 Å². The maximum absolute atomic E-state index is 12.3. The molecule has 1 aromatic rings. The van der Waals surface area contributed by atoms with Crippen molar-refractivity contribution in [3.8, 4) is 5.75 Å². The number of hydrogen-bond acceptors (Lipinski definition) is 4. The van der Waals surface area contributed by atoms with Gasteiger partial charge in [0.25, 0.3) is 0 Å². The van der Waals surface area contributed by atoms with Gasteiger partial charge in [0, 0.05) is 13.1 Å².